The molecule has 0 saturated heterocycles. The summed E-state index contributed by atoms with van der Waals surface area (Å²) in [6.07, 6.45) is -4.85. The second-order valence-electron chi connectivity index (χ2n) is 3.17. The van der Waals surface area contributed by atoms with E-state index in [0.717, 1.165) is 6.07 Å². The van der Waals surface area contributed by atoms with Crippen molar-refractivity contribution < 1.29 is 22.7 Å². The Hall–Kier alpha value is -0.750. The van der Waals surface area contributed by atoms with Gasteiger partial charge in [-0.15, -0.1) is 24.8 Å². The number of ether oxygens (including phenoxy) is 1. The lowest BCUT2D eigenvalue weighted by molar-refractivity contribution is -0.274. The van der Waals surface area contributed by atoms with Crippen LogP contribution in [0.1, 0.15) is 17.3 Å². The predicted octanol–water partition coefficient (Wildman–Crippen LogP) is 4.16. The van der Waals surface area contributed by atoms with Gasteiger partial charge in [0.2, 0.25) is 0 Å². The van der Waals surface area contributed by atoms with Crippen molar-refractivity contribution in [1.29, 1.82) is 0 Å². The molecule has 1 rings (SSSR count). The molecule has 17 heavy (non-hydrogen) atoms. The lowest BCUT2D eigenvalue weighted by atomic mass is 10.1. The summed E-state index contributed by atoms with van der Waals surface area (Å²) >= 11 is 8.62. The van der Waals surface area contributed by atoms with Crippen LogP contribution < -0.4 is 4.74 Å². The lowest BCUT2D eigenvalue weighted by Gasteiger charge is -2.13. The van der Waals surface area contributed by atoms with Gasteiger partial charge in [0.1, 0.15) is 5.75 Å². The SMILES string of the molecule is CC(Cl)C(=O)c1cc(Br)ccc1OC(F)(F)F. The molecule has 0 bridgehead atoms. The fourth-order valence-corrected chi connectivity index (χ4v) is 1.60. The molecule has 0 heterocycles. The van der Waals surface area contributed by atoms with Crippen molar-refractivity contribution in [1.82, 2.24) is 0 Å². The van der Waals surface area contributed by atoms with Crippen LogP contribution in [0.4, 0.5) is 13.2 Å². The molecule has 1 aromatic carbocycles. The summed E-state index contributed by atoms with van der Waals surface area (Å²) in [5.74, 6) is -1.19. The highest BCUT2D eigenvalue weighted by atomic mass is 79.9. The number of benzene rings is 1. The van der Waals surface area contributed by atoms with Crippen molar-refractivity contribution >= 4 is 33.3 Å². The number of hydrogen-bond donors (Lipinski definition) is 0. The van der Waals surface area contributed by atoms with Crippen LogP contribution in [0.2, 0.25) is 0 Å². The van der Waals surface area contributed by atoms with E-state index in [1.54, 1.807) is 0 Å². The van der Waals surface area contributed by atoms with E-state index in [2.05, 4.69) is 20.7 Å². The van der Waals surface area contributed by atoms with Crippen LogP contribution >= 0.6 is 27.5 Å². The minimum Gasteiger partial charge on any atom is -0.405 e. The summed E-state index contributed by atoms with van der Waals surface area (Å²) in [7, 11) is 0. The van der Waals surface area contributed by atoms with Crippen molar-refractivity contribution in [3.63, 3.8) is 0 Å². The molecule has 0 aromatic heterocycles. The largest absolute Gasteiger partial charge is 0.573 e. The van der Waals surface area contributed by atoms with E-state index in [9.17, 15) is 18.0 Å². The molecule has 0 aliphatic carbocycles. The number of halogens is 5. The average Bonchev–Trinajstić information content (AvgIpc) is 2.17. The number of Topliss-reactive ketones (excluding diaryl/α,β-unsaturated/α-hetero) is 1. The zero-order chi connectivity index (χ0) is 13.2. The summed E-state index contributed by atoms with van der Waals surface area (Å²) in [6, 6.07) is 3.64. The fourth-order valence-electron chi connectivity index (χ4n) is 1.12. The number of carbonyl (C=O) groups excluding carboxylic acids is 1. The van der Waals surface area contributed by atoms with Gasteiger partial charge in [0, 0.05) is 4.47 Å². The molecule has 7 heteroatoms. The standard InChI is InChI=1S/C10H7BrClF3O2/c1-5(12)9(16)7-4-6(11)2-3-8(7)17-10(13,14)15/h2-5H,1H3. The first-order valence-electron chi connectivity index (χ1n) is 4.44. The molecule has 0 amide bonds. The van der Waals surface area contributed by atoms with Crippen molar-refractivity contribution in [2.24, 2.45) is 0 Å². The van der Waals surface area contributed by atoms with E-state index in [1.807, 2.05) is 0 Å². The second kappa shape index (κ2) is 5.27. The number of carbonyl (C=O) groups is 1. The van der Waals surface area contributed by atoms with E-state index in [4.69, 9.17) is 11.6 Å². The molecule has 94 valence electrons. The quantitative estimate of drug-likeness (QED) is 0.614. The summed E-state index contributed by atoms with van der Waals surface area (Å²) < 4.78 is 40.5. The lowest BCUT2D eigenvalue weighted by Crippen LogP contribution is -2.20. The highest BCUT2D eigenvalue weighted by Crippen LogP contribution is 2.30. The van der Waals surface area contributed by atoms with Gasteiger partial charge in [-0.05, 0) is 25.1 Å². The monoisotopic (exact) mass is 330 g/mol. The van der Waals surface area contributed by atoms with Crippen molar-refractivity contribution in [3.8, 4) is 5.75 Å². The third kappa shape index (κ3) is 4.20. The van der Waals surface area contributed by atoms with Crippen LogP contribution in [-0.2, 0) is 0 Å². The van der Waals surface area contributed by atoms with E-state index >= 15 is 0 Å². The first-order valence-corrected chi connectivity index (χ1v) is 5.67. The predicted molar refractivity (Wildman–Crippen MR) is 60.5 cm³/mol. The maximum atomic E-state index is 12.1. The Labute approximate surface area is 109 Å². The van der Waals surface area contributed by atoms with Gasteiger partial charge >= 0.3 is 6.36 Å². The van der Waals surface area contributed by atoms with Crippen LogP contribution in [-0.4, -0.2) is 17.5 Å². The molecule has 0 N–H and O–H groups in total. The molecule has 1 unspecified atom stereocenters. The van der Waals surface area contributed by atoms with E-state index < -0.39 is 23.3 Å². The Morgan fingerprint density at radius 3 is 2.53 bits per heavy atom. The first kappa shape index (κ1) is 14.3. The average molecular weight is 332 g/mol. The normalized spacial score (nSPS) is 13.3. The zero-order valence-corrected chi connectivity index (χ0v) is 10.9. The second-order valence-corrected chi connectivity index (χ2v) is 4.74. The molecule has 0 aliphatic heterocycles. The molecule has 0 fully saturated rings. The Bertz CT molecular complexity index is 432. The van der Waals surface area contributed by atoms with Crippen molar-refractivity contribution in [2.45, 2.75) is 18.7 Å². The molecule has 0 aliphatic rings. The van der Waals surface area contributed by atoms with Crippen LogP contribution in [0.3, 0.4) is 0 Å². The molecule has 0 radical (unpaired) electrons. The number of hydrogen-bond acceptors (Lipinski definition) is 2. The topological polar surface area (TPSA) is 26.3 Å². The Balaban J connectivity index is 3.17. The van der Waals surface area contributed by atoms with Gasteiger partial charge in [-0.25, -0.2) is 0 Å². The smallest absolute Gasteiger partial charge is 0.405 e. The fraction of sp³-hybridized carbons (Fsp3) is 0.300. The van der Waals surface area contributed by atoms with Gasteiger partial charge in [0.25, 0.3) is 0 Å². The van der Waals surface area contributed by atoms with Crippen molar-refractivity contribution in [2.75, 3.05) is 0 Å². The molecule has 1 atom stereocenters. The maximum Gasteiger partial charge on any atom is 0.573 e. The van der Waals surface area contributed by atoms with Crippen LogP contribution in [0.15, 0.2) is 22.7 Å². The Kier molecular flexibility index (Phi) is 4.43. The van der Waals surface area contributed by atoms with Gasteiger partial charge < -0.3 is 4.74 Å². The van der Waals surface area contributed by atoms with Gasteiger partial charge in [0.15, 0.2) is 5.78 Å². The summed E-state index contributed by atoms with van der Waals surface area (Å²) in [5, 5.41) is -0.931. The van der Waals surface area contributed by atoms with Gasteiger partial charge in [0.05, 0.1) is 10.9 Å². The van der Waals surface area contributed by atoms with Crippen LogP contribution in [0, 0.1) is 0 Å². The Morgan fingerprint density at radius 1 is 1.47 bits per heavy atom. The molecule has 0 saturated carbocycles. The summed E-state index contributed by atoms with van der Waals surface area (Å²) in [4.78, 5) is 11.6. The van der Waals surface area contributed by atoms with Crippen molar-refractivity contribution in [3.05, 3.63) is 28.2 Å². The minimum atomic E-state index is -4.85. The molecular weight excluding hydrogens is 324 g/mol. The first-order chi connectivity index (χ1) is 7.70. The zero-order valence-electron chi connectivity index (χ0n) is 8.52. The van der Waals surface area contributed by atoms with E-state index in [-0.39, 0.29) is 5.56 Å². The minimum absolute atomic E-state index is 0.209. The summed E-state index contributed by atoms with van der Waals surface area (Å²) in [6.45, 7) is 1.38. The van der Waals surface area contributed by atoms with Gasteiger partial charge in [-0.1, -0.05) is 15.9 Å². The highest BCUT2D eigenvalue weighted by molar-refractivity contribution is 9.10. The molecule has 0 spiro atoms. The Morgan fingerprint density at radius 2 is 2.06 bits per heavy atom. The maximum absolute atomic E-state index is 12.1. The third-order valence-corrected chi connectivity index (χ3v) is 2.49. The van der Waals surface area contributed by atoms with E-state index in [0.29, 0.717) is 4.47 Å². The molecule has 1 aromatic rings. The van der Waals surface area contributed by atoms with Gasteiger partial charge in [-0.2, -0.15) is 0 Å². The van der Waals surface area contributed by atoms with Crippen LogP contribution in [0.5, 0.6) is 5.75 Å². The molecule has 2 nitrogen and oxygen atoms in total. The number of alkyl halides is 4. The van der Waals surface area contributed by atoms with Gasteiger partial charge in [-0.3, -0.25) is 4.79 Å². The highest BCUT2D eigenvalue weighted by Gasteiger charge is 2.33. The number of rotatable bonds is 3. The summed E-state index contributed by atoms with van der Waals surface area (Å²) in [5.41, 5.74) is -0.209. The third-order valence-electron chi connectivity index (χ3n) is 1.79. The molecular formula is C10H7BrClF3O2. The van der Waals surface area contributed by atoms with E-state index in [1.165, 1.54) is 19.1 Å². The number of ketones is 1. The van der Waals surface area contributed by atoms with Crippen LogP contribution in [0.25, 0.3) is 0 Å².